The smallest absolute Gasteiger partial charge is 0.300 e. The number of aliphatic hydroxyl groups excluding tert-OH is 1. The molecule has 2 aromatic carbocycles. The lowest BCUT2D eigenvalue weighted by Crippen LogP contribution is -2.29. The van der Waals surface area contributed by atoms with Gasteiger partial charge in [-0.2, -0.15) is 0 Å². The van der Waals surface area contributed by atoms with Crippen LogP contribution in [0.5, 0.6) is 11.5 Å². The molecular formula is C24H19ClN2O5. The van der Waals surface area contributed by atoms with E-state index in [4.69, 9.17) is 16.3 Å². The third-order valence-corrected chi connectivity index (χ3v) is 5.56. The van der Waals surface area contributed by atoms with Gasteiger partial charge in [-0.05, 0) is 54.4 Å². The van der Waals surface area contributed by atoms with Gasteiger partial charge in [-0.25, -0.2) is 0 Å². The van der Waals surface area contributed by atoms with Crippen LogP contribution in [0.25, 0.3) is 5.76 Å². The van der Waals surface area contributed by atoms with Crippen LogP contribution in [-0.2, 0) is 9.59 Å². The fraction of sp³-hybridized carbons (Fsp3) is 0.125. The lowest BCUT2D eigenvalue weighted by molar-refractivity contribution is -0.132. The molecule has 2 heterocycles. The standard InChI is InChI=1S/C24H19ClN2O5/c1-13-5-7-18(28)17(10-13)27-21(15-4-3-9-26-12-15)20(23(30)24(27)31)22(29)14-6-8-19(32-2)16(25)11-14/h3-12,21,28-29H,1-2H3/b22-20-. The van der Waals surface area contributed by atoms with Crippen LogP contribution in [0.15, 0.2) is 66.5 Å². The normalized spacial score (nSPS) is 17.6. The molecule has 1 atom stereocenters. The second-order valence-electron chi connectivity index (χ2n) is 7.30. The Hall–Kier alpha value is -3.84. The molecule has 0 aliphatic carbocycles. The number of amides is 1. The van der Waals surface area contributed by atoms with E-state index >= 15 is 0 Å². The van der Waals surface area contributed by atoms with Gasteiger partial charge in [-0.15, -0.1) is 0 Å². The highest BCUT2D eigenvalue weighted by molar-refractivity contribution is 6.52. The van der Waals surface area contributed by atoms with Gasteiger partial charge >= 0.3 is 0 Å². The molecule has 2 N–H and O–H groups in total. The summed E-state index contributed by atoms with van der Waals surface area (Å²) in [6.07, 6.45) is 3.06. The maximum atomic E-state index is 13.1. The summed E-state index contributed by atoms with van der Waals surface area (Å²) in [5.41, 5.74) is 1.55. The number of phenolic OH excluding ortho intramolecular Hbond substituents is 1. The number of halogens is 1. The Morgan fingerprint density at radius 1 is 1.16 bits per heavy atom. The number of benzene rings is 2. The van der Waals surface area contributed by atoms with Crippen molar-refractivity contribution in [2.24, 2.45) is 0 Å². The average Bonchev–Trinajstić information content (AvgIpc) is 3.06. The maximum absolute atomic E-state index is 13.1. The van der Waals surface area contributed by atoms with Crippen LogP contribution in [-0.4, -0.2) is 34.0 Å². The quantitative estimate of drug-likeness (QED) is 0.347. The second-order valence-corrected chi connectivity index (χ2v) is 7.70. The van der Waals surface area contributed by atoms with Gasteiger partial charge in [-0.1, -0.05) is 23.7 Å². The number of phenols is 1. The van der Waals surface area contributed by atoms with E-state index in [-0.39, 0.29) is 27.6 Å². The number of pyridine rings is 1. The number of aryl methyl sites for hydroxylation is 1. The highest BCUT2D eigenvalue weighted by Gasteiger charge is 2.47. The summed E-state index contributed by atoms with van der Waals surface area (Å²) >= 11 is 6.20. The Balaban J connectivity index is 1.96. The lowest BCUT2D eigenvalue weighted by atomic mass is 9.96. The van der Waals surface area contributed by atoms with Crippen molar-refractivity contribution in [1.29, 1.82) is 0 Å². The summed E-state index contributed by atoms with van der Waals surface area (Å²) in [7, 11) is 1.46. The molecule has 1 aliphatic heterocycles. The van der Waals surface area contributed by atoms with E-state index in [1.165, 1.54) is 36.4 Å². The van der Waals surface area contributed by atoms with E-state index in [9.17, 15) is 19.8 Å². The summed E-state index contributed by atoms with van der Waals surface area (Å²) in [4.78, 5) is 31.5. The number of ketones is 1. The molecule has 32 heavy (non-hydrogen) atoms. The molecule has 1 amide bonds. The highest BCUT2D eigenvalue weighted by Crippen LogP contribution is 2.45. The van der Waals surface area contributed by atoms with Gasteiger partial charge in [0.2, 0.25) is 0 Å². The highest BCUT2D eigenvalue weighted by atomic mass is 35.5. The van der Waals surface area contributed by atoms with Crippen molar-refractivity contribution in [2.45, 2.75) is 13.0 Å². The molecule has 0 bridgehead atoms. The summed E-state index contributed by atoms with van der Waals surface area (Å²) in [6, 6.07) is 11.6. The third-order valence-electron chi connectivity index (χ3n) is 5.26. The number of hydrogen-bond donors (Lipinski definition) is 2. The number of aromatic nitrogens is 1. The van der Waals surface area contributed by atoms with E-state index in [0.29, 0.717) is 11.3 Å². The summed E-state index contributed by atoms with van der Waals surface area (Å²) < 4.78 is 5.14. The average molecular weight is 451 g/mol. The number of carbonyl (C=O) groups is 2. The molecule has 0 radical (unpaired) electrons. The Labute approximate surface area is 189 Å². The molecule has 1 fully saturated rings. The van der Waals surface area contributed by atoms with E-state index in [1.54, 1.807) is 43.5 Å². The fourth-order valence-corrected chi connectivity index (χ4v) is 3.99. The van der Waals surface area contributed by atoms with Gasteiger partial charge in [0.15, 0.2) is 0 Å². The topological polar surface area (TPSA) is 100.0 Å². The summed E-state index contributed by atoms with van der Waals surface area (Å²) in [5, 5.41) is 21.8. The Bertz CT molecular complexity index is 1260. The van der Waals surface area contributed by atoms with Gasteiger partial charge < -0.3 is 14.9 Å². The second kappa shape index (κ2) is 8.36. The Kier molecular flexibility index (Phi) is 5.59. The fourth-order valence-electron chi connectivity index (χ4n) is 3.73. The number of carbonyl (C=O) groups excluding carboxylic acids is 2. The van der Waals surface area contributed by atoms with Gasteiger partial charge in [0.1, 0.15) is 17.3 Å². The molecule has 7 nitrogen and oxygen atoms in total. The van der Waals surface area contributed by atoms with Crippen molar-refractivity contribution in [3.05, 3.63) is 88.2 Å². The Morgan fingerprint density at radius 3 is 2.59 bits per heavy atom. The molecule has 0 spiro atoms. The van der Waals surface area contributed by atoms with Crippen LogP contribution >= 0.6 is 11.6 Å². The van der Waals surface area contributed by atoms with Crippen LogP contribution in [0.4, 0.5) is 5.69 Å². The van der Waals surface area contributed by atoms with Crippen LogP contribution in [0.1, 0.15) is 22.7 Å². The molecule has 4 rings (SSSR count). The van der Waals surface area contributed by atoms with Crippen LogP contribution in [0.3, 0.4) is 0 Å². The van der Waals surface area contributed by atoms with E-state index < -0.39 is 23.5 Å². The number of anilines is 1. The number of nitrogens with zero attached hydrogens (tertiary/aromatic N) is 2. The molecular weight excluding hydrogens is 432 g/mol. The van der Waals surface area contributed by atoms with E-state index in [1.807, 2.05) is 0 Å². The van der Waals surface area contributed by atoms with Crippen LogP contribution < -0.4 is 9.64 Å². The van der Waals surface area contributed by atoms with E-state index in [2.05, 4.69) is 4.98 Å². The van der Waals surface area contributed by atoms with Crippen molar-refractivity contribution in [3.63, 3.8) is 0 Å². The molecule has 1 saturated heterocycles. The lowest BCUT2D eigenvalue weighted by Gasteiger charge is -2.26. The predicted molar refractivity (Wildman–Crippen MR) is 120 cm³/mol. The molecule has 1 aromatic heterocycles. The van der Waals surface area contributed by atoms with Crippen LogP contribution in [0, 0.1) is 6.92 Å². The van der Waals surface area contributed by atoms with Crippen molar-refractivity contribution in [2.75, 3.05) is 12.0 Å². The maximum Gasteiger partial charge on any atom is 0.300 e. The summed E-state index contributed by atoms with van der Waals surface area (Å²) in [6.45, 7) is 1.80. The third kappa shape index (κ3) is 3.56. The largest absolute Gasteiger partial charge is 0.507 e. The van der Waals surface area contributed by atoms with Gasteiger partial charge in [0.05, 0.1) is 29.4 Å². The van der Waals surface area contributed by atoms with Gasteiger partial charge in [0.25, 0.3) is 11.7 Å². The van der Waals surface area contributed by atoms with Crippen molar-refractivity contribution in [3.8, 4) is 11.5 Å². The number of ether oxygens (including phenoxy) is 1. The number of aromatic hydroxyl groups is 1. The Morgan fingerprint density at radius 2 is 1.94 bits per heavy atom. The zero-order valence-electron chi connectivity index (χ0n) is 17.2. The first kappa shape index (κ1) is 21.4. The molecule has 8 heteroatoms. The molecule has 162 valence electrons. The van der Waals surface area contributed by atoms with E-state index in [0.717, 1.165) is 5.56 Å². The molecule has 0 saturated carbocycles. The minimum absolute atomic E-state index is 0.134. The van der Waals surface area contributed by atoms with Gasteiger partial charge in [0, 0.05) is 18.0 Å². The first-order chi connectivity index (χ1) is 15.3. The number of Topliss-reactive ketones (excluding diaryl/α,β-unsaturated/α-hetero) is 1. The van der Waals surface area contributed by atoms with Crippen molar-refractivity contribution >= 4 is 34.7 Å². The molecule has 1 aliphatic rings. The minimum atomic E-state index is -1.00. The van der Waals surface area contributed by atoms with Gasteiger partial charge in [-0.3, -0.25) is 19.5 Å². The number of rotatable bonds is 4. The first-order valence-corrected chi connectivity index (χ1v) is 10.1. The summed E-state index contributed by atoms with van der Waals surface area (Å²) in [5.74, 6) is -1.92. The van der Waals surface area contributed by atoms with Crippen LogP contribution in [0.2, 0.25) is 5.02 Å². The van der Waals surface area contributed by atoms with Crippen molar-refractivity contribution < 1.29 is 24.5 Å². The minimum Gasteiger partial charge on any atom is -0.507 e. The number of methoxy groups -OCH3 is 1. The zero-order chi connectivity index (χ0) is 23.0. The predicted octanol–water partition coefficient (Wildman–Crippen LogP) is 4.38. The number of aliphatic hydroxyl groups is 1. The zero-order valence-corrected chi connectivity index (χ0v) is 18.0. The molecule has 3 aromatic rings. The molecule has 1 unspecified atom stereocenters. The monoisotopic (exact) mass is 450 g/mol. The first-order valence-electron chi connectivity index (χ1n) is 9.68. The van der Waals surface area contributed by atoms with Crippen molar-refractivity contribution in [1.82, 2.24) is 4.98 Å². The number of hydrogen-bond acceptors (Lipinski definition) is 6. The SMILES string of the molecule is COc1ccc(/C(O)=C2/C(=O)C(=O)N(c3cc(C)ccc3O)C2c2cccnc2)cc1Cl.